The maximum atomic E-state index is 12.4. The Bertz CT molecular complexity index is 759. The second-order valence-electron chi connectivity index (χ2n) is 6.39. The summed E-state index contributed by atoms with van der Waals surface area (Å²) in [7, 11) is -3.36. The van der Waals surface area contributed by atoms with Gasteiger partial charge in [0.25, 0.3) is 0 Å². The topological polar surface area (TPSA) is 46.2 Å². The molecule has 23 heavy (non-hydrogen) atoms. The van der Waals surface area contributed by atoms with Crippen LogP contribution < -0.4 is 4.72 Å². The quantitative estimate of drug-likeness (QED) is 0.853. The van der Waals surface area contributed by atoms with E-state index >= 15 is 0 Å². The first-order valence-electron chi connectivity index (χ1n) is 8.17. The Morgan fingerprint density at radius 1 is 1.17 bits per heavy atom. The molecular weight excluding hydrogens is 326 g/mol. The zero-order valence-corrected chi connectivity index (χ0v) is 15.1. The third kappa shape index (κ3) is 4.43. The Labute approximate surface area is 142 Å². The van der Waals surface area contributed by atoms with Gasteiger partial charge in [0, 0.05) is 17.8 Å². The van der Waals surface area contributed by atoms with Gasteiger partial charge < -0.3 is 0 Å². The highest BCUT2D eigenvalue weighted by Crippen LogP contribution is 2.26. The Morgan fingerprint density at radius 3 is 2.70 bits per heavy atom. The highest BCUT2D eigenvalue weighted by molar-refractivity contribution is 7.91. The van der Waals surface area contributed by atoms with Crippen LogP contribution in [0.2, 0.25) is 0 Å². The Hall–Kier alpha value is -1.17. The molecule has 1 aromatic heterocycles. The molecule has 0 unspecified atom stereocenters. The monoisotopic (exact) mass is 349 g/mol. The molecule has 0 amide bonds. The zero-order chi connectivity index (χ0) is 16.3. The Kier molecular flexibility index (Phi) is 5.19. The summed E-state index contributed by atoms with van der Waals surface area (Å²) in [5.74, 6) is 0.511. The van der Waals surface area contributed by atoms with Crippen molar-refractivity contribution in [3.63, 3.8) is 0 Å². The number of sulfonamides is 1. The second-order valence-corrected chi connectivity index (χ2v) is 9.55. The Morgan fingerprint density at radius 2 is 1.96 bits per heavy atom. The minimum Gasteiger partial charge on any atom is -0.210 e. The maximum absolute atomic E-state index is 12.4. The number of hydrogen-bond acceptors (Lipinski definition) is 3. The van der Waals surface area contributed by atoms with Crippen molar-refractivity contribution in [2.75, 3.05) is 6.54 Å². The molecule has 3 nitrogen and oxygen atoms in total. The molecule has 1 N–H and O–H groups in total. The van der Waals surface area contributed by atoms with Gasteiger partial charge in [-0.05, 0) is 43.4 Å². The lowest BCUT2D eigenvalue weighted by atomic mass is 10.1. The highest BCUT2D eigenvalue weighted by Gasteiger charge is 2.21. The molecule has 0 aliphatic heterocycles. The van der Waals surface area contributed by atoms with Gasteiger partial charge in [0.05, 0.1) is 0 Å². The molecule has 1 heterocycles. The average molecular weight is 350 g/mol. The van der Waals surface area contributed by atoms with Gasteiger partial charge in [-0.3, -0.25) is 0 Å². The normalized spacial score (nSPS) is 16.0. The van der Waals surface area contributed by atoms with E-state index in [1.54, 1.807) is 6.07 Å². The molecule has 3 rings (SSSR count). The molecule has 1 saturated carbocycles. The summed E-state index contributed by atoms with van der Waals surface area (Å²) in [5.41, 5.74) is 2.44. The van der Waals surface area contributed by atoms with Gasteiger partial charge in [-0.1, -0.05) is 42.7 Å². The number of hydrogen-bond donors (Lipinski definition) is 1. The van der Waals surface area contributed by atoms with Crippen molar-refractivity contribution in [3.05, 3.63) is 52.4 Å². The summed E-state index contributed by atoms with van der Waals surface area (Å²) in [6.07, 6.45) is 5.53. The van der Waals surface area contributed by atoms with E-state index in [1.807, 2.05) is 12.1 Å². The molecule has 1 aromatic carbocycles. The molecule has 1 fully saturated rings. The summed E-state index contributed by atoms with van der Waals surface area (Å²) in [5, 5.41) is 0. The van der Waals surface area contributed by atoms with Gasteiger partial charge in [0.2, 0.25) is 10.0 Å². The van der Waals surface area contributed by atoms with E-state index in [0.29, 0.717) is 16.7 Å². The molecule has 0 saturated heterocycles. The lowest BCUT2D eigenvalue weighted by Crippen LogP contribution is -2.27. The van der Waals surface area contributed by atoms with Gasteiger partial charge >= 0.3 is 0 Å². The summed E-state index contributed by atoms with van der Waals surface area (Å²) in [4.78, 5) is 1.08. The van der Waals surface area contributed by atoms with Crippen molar-refractivity contribution in [3.8, 4) is 0 Å². The predicted octanol–water partition coefficient (Wildman–Crippen LogP) is 4.12. The molecule has 1 aliphatic rings. The lowest BCUT2D eigenvalue weighted by molar-refractivity contribution is 0.520. The molecule has 5 heteroatoms. The fourth-order valence-corrected chi connectivity index (χ4v) is 5.68. The number of thiophene rings is 1. The van der Waals surface area contributed by atoms with Crippen molar-refractivity contribution in [2.45, 2.75) is 43.2 Å². The highest BCUT2D eigenvalue weighted by atomic mass is 32.2. The summed E-state index contributed by atoms with van der Waals surface area (Å²) in [6.45, 7) is 2.65. The van der Waals surface area contributed by atoms with E-state index in [1.165, 1.54) is 35.3 Å². The molecule has 1 aliphatic carbocycles. The van der Waals surface area contributed by atoms with E-state index in [-0.39, 0.29) is 0 Å². The first kappa shape index (κ1) is 16.7. The van der Waals surface area contributed by atoms with Crippen LogP contribution in [0.25, 0.3) is 0 Å². The molecular formula is C18H23NO2S2. The molecule has 0 radical (unpaired) electrons. The minimum absolute atomic E-state index is 0.429. The first-order chi connectivity index (χ1) is 11.0. The van der Waals surface area contributed by atoms with E-state index in [9.17, 15) is 8.42 Å². The van der Waals surface area contributed by atoms with Crippen molar-refractivity contribution < 1.29 is 8.42 Å². The third-order valence-electron chi connectivity index (χ3n) is 4.40. The van der Waals surface area contributed by atoms with Crippen LogP contribution in [0, 0.1) is 12.8 Å². The lowest BCUT2D eigenvalue weighted by Gasteiger charge is -2.09. The average Bonchev–Trinajstić information content (AvgIpc) is 3.17. The third-order valence-corrected chi connectivity index (χ3v) is 7.40. The molecule has 2 aromatic rings. The van der Waals surface area contributed by atoms with Crippen LogP contribution in [-0.4, -0.2) is 15.0 Å². The number of aryl methyl sites for hydroxylation is 1. The van der Waals surface area contributed by atoms with E-state index in [4.69, 9.17) is 0 Å². The maximum Gasteiger partial charge on any atom is 0.250 e. The summed E-state index contributed by atoms with van der Waals surface area (Å²) < 4.78 is 28.0. The number of benzene rings is 1. The fourth-order valence-electron chi connectivity index (χ4n) is 3.13. The Balaban J connectivity index is 1.65. The zero-order valence-electron chi connectivity index (χ0n) is 13.4. The summed E-state index contributed by atoms with van der Waals surface area (Å²) >= 11 is 1.37. The van der Waals surface area contributed by atoms with Gasteiger partial charge in [-0.2, -0.15) is 0 Å². The summed E-state index contributed by atoms with van der Waals surface area (Å²) in [6, 6.07) is 12.0. The van der Waals surface area contributed by atoms with Crippen LogP contribution in [0.15, 0.2) is 40.6 Å². The number of rotatable bonds is 6. The first-order valence-corrected chi connectivity index (χ1v) is 10.5. The standard InChI is InChI=1S/C18H23NO2S2/c1-14-5-4-8-16(11-14)12-17-9-10-18(22-17)23(20,21)19-13-15-6-2-3-7-15/h4-5,8-11,15,19H,2-3,6-7,12-13H2,1H3. The van der Waals surface area contributed by atoms with Crippen LogP contribution >= 0.6 is 11.3 Å². The van der Waals surface area contributed by atoms with Crippen molar-refractivity contribution in [1.82, 2.24) is 4.72 Å². The second kappa shape index (κ2) is 7.16. The van der Waals surface area contributed by atoms with Crippen LogP contribution in [-0.2, 0) is 16.4 Å². The van der Waals surface area contributed by atoms with Gasteiger partial charge in [0.15, 0.2) is 0 Å². The molecule has 0 bridgehead atoms. The molecule has 0 atom stereocenters. The molecule has 0 spiro atoms. The van der Waals surface area contributed by atoms with Crippen molar-refractivity contribution >= 4 is 21.4 Å². The van der Waals surface area contributed by atoms with Crippen molar-refractivity contribution in [2.24, 2.45) is 5.92 Å². The largest absolute Gasteiger partial charge is 0.250 e. The van der Waals surface area contributed by atoms with Crippen LogP contribution in [0.4, 0.5) is 0 Å². The van der Waals surface area contributed by atoms with Crippen LogP contribution in [0.5, 0.6) is 0 Å². The smallest absolute Gasteiger partial charge is 0.210 e. The van der Waals surface area contributed by atoms with Gasteiger partial charge in [-0.25, -0.2) is 13.1 Å². The van der Waals surface area contributed by atoms with E-state index < -0.39 is 10.0 Å². The predicted molar refractivity (Wildman–Crippen MR) is 95.5 cm³/mol. The van der Waals surface area contributed by atoms with Gasteiger partial charge in [0.1, 0.15) is 4.21 Å². The molecule has 124 valence electrons. The van der Waals surface area contributed by atoms with E-state index in [0.717, 1.165) is 24.1 Å². The fraction of sp³-hybridized carbons (Fsp3) is 0.444. The van der Waals surface area contributed by atoms with Gasteiger partial charge in [-0.15, -0.1) is 11.3 Å². The SMILES string of the molecule is Cc1cccc(Cc2ccc(S(=O)(=O)NCC3CCCC3)s2)c1. The van der Waals surface area contributed by atoms with Crippen molar-refractivity contribution in [1.29, 1.82) is 0 Å². The number of nitrogens with one attached hydrogen (secondary N) is 1. The minimum atomic E-state index is -3.36. The van der Waals surface area contributed by atoms with E-state index in [2.05, 4.69) is 29.8 Å². The van der Waals surface area contributed by atoms with Crippen LogP contribution in [0.1, 0.15) is 41.7 Å². The van der Waals surface area contributed by atoms with Crippen LogP contribution in [0.3, 0.4) is 0 Å².